The summed E-state index contributed by atoms with van der Waals surface area (Å²) in [4.78, 5) is 0. The monoisotopic (exact) mass is 150 g/mol. The van der Waals surface area contributed by atoms with Gasteiger partial charge in [0.05, 0.1) is 5.71 Å². The molecule has 0 unspecified atom stereocenters. The van der Waals surface area contributed by atoms with E-state index in [4.69, 9.17) is 0 Å². The quantitative estimate of drug-likeness (QED) is 0.506. The lowest BCUT2D eigenvalue weighted by molar-refractivity contribution is 0.492. The lowest BCUT2D eigenvalue weighted by atomic mass is 9.72. The van der Waals surface area contributed by atoms with E-state index in [2.05, 4.69) is 24.1 Å². The molecule has 0 amide bonds. The topological polar surface area (TPSA) is 24.7 Å². The minimum absolute atomic E-state index is 0.248. The molecule has 1 aliphatic carbocycles. The third kappa shape index (κ3) is 0.849. The molecule has 0 aromatic rings. The fourth-order valence-corrected chi connectivity index (χ4v) is 1.99. The summed E-state index contributed by atoms with van der Waals surface area (Å²) in [5.74, 6) is 0. The Morgan fingerprint density at radius 3 is 2.82 bits per heavy atom. The standard InChI is InChI=1S/C9H14N2/c1-7-9(2)6-4-3-5-8(9)11-10-7/h3-6H2,1-2H3/t9-/m0/s1. The van der Waals surface area contributed by atoms with Gasteiger partial charge in [-0.15, -0.1) is 0 Å². The van der Waals surface area contributed by atoms with Crippen molar-refractivity contribution in [3.63, 3.8) is 0 Å². The van der Waals surface area contributed by atoms with E-state index in [1.807, 2.05) is 0 Å². The van der Waals surface area contributed by atoms with Gasteiger partial charge in [0.1, 0.15) is 0 Å². The highest BCUT2D eigenvalue weighted by Crippen LogP contribution is 2.38. The summed E-state index contributed by atoms with van der Waals surface area (Å²) in [6.45, 7) is 4.37. The molecule has 0 aromatic carbocycles. The van der Waals surface area contributed by atoms with Crippen LogP contribution in [0.25, 0.3) is 0 Å². The van der Waals surface area contributed by atoms with Crippen LogP contribution in [-0.2, 0) is 0 Å². The lowest BCUT2D eigenvalue weighted by Gasteiger charge is -2.30. The molecule has 1 atom stereocenters. The summed E-state index contributed by atoms with van der Waals surface area (Å²) in [6.07, 6.45) is 5.05. The Morgan fingerprint density at radius 2 is 2.09 bits per heavy atom. The van der Waals surface area contributed by atoms with Crippen LogP contribution >= 0.6 is 0 Å². The van der Waals surface area contributed by atoms with Crippen molar-refractivity contribution < 1.29 is 0 Å². The molecule has 0 bridgehead atoms. The fourth-order valence-electron chi connectivity index (χ4n) is 1.99. The second-order valence-electron chi connectivity index (χ2n) is 3.77. The summed E-state index contributed by atoms with van der Waals surface area (Å²) in [7, 11) is 0. The molecule has 0 radical (unpaired) electrons. The number of nitrogens with zero attached hydrogens (tertiary/aromatic N) is 2. The van der Waals surface area contributed by atoms with Crippen LogP contribution in [0.1, 0.15) is 39.5 Å². The van der Waals surface area contributed by atoms with Gasteiger partial charge in [-0.05, 0) is 33.1 Å². The van der Waals surface area contributed by atoms with E-state index in [0.717, 1.165) is 6.42 Å². The van der Waals surface area contributed by atoms with Gasteiger partial charge in [0.2, 0.25) is 0 Å². The first kappa shape index (κ1) is 7.01. The molecule has 0 N–H and O–H groups in total. The molecule has 1 heterocycles. The van der Waals surface area contributed by atoms with Gasteiger partial charge in [-0.2, -0.15) is 10.2 Å². The summed E-state index contributed by atoms with van der Waals surface area (Å²) < 4.78 is 0. The van der Waals surface area contributed by atoms with Gasteiger partial charge in [-0.1, -0.05) is 6.42 Å². The summed E-state index contributed by atoms with van der Waals surface area (Å²) in [5.41, 5.74) is 2.78. The van der Waals surface area contributed by atoms with Crippen LogP contribution in [0.3, 0.4) is 0 Å². The van der Waals surface area contributed by atoms with Crippen molar-refractivity contribution in [1.82, 2.24) is 0 Å². The molecular formula is C9H14N2. The van der Waals surface area contributed by atoms with Crippen molar-refractivity contribution in [2.24, 2.45) is 15.6 Å². The second kappa shape index (κ2) is 2.16. The highest BCUT2D eigenvalue weighted by atomic mass is 15.2. The average molecular weight is 150 g/mol. The van der Waals surface area contributed by atoms with Crippen LogP contribution in [-0.4, -0.2) is 11.4 Å². The zero-order chi connectivity index (χ0) is 7.90. The van der Waals surface area contributed by atoms with Crippen molar-refractivity contribution in [2.45, 2.75) is 39.5 Å². The highest BCUT2D eigenvalue weighted by molar-refractivity contribution is 6.13. The van der Waals surface area contributed by atoms with Crippen molar-refractivity contribution in [2.75, 3.05) is 0 Å². The van der Waals surface area contributed by atoms with Gasteiger partial charge in [-0.25, -0.2) is 0 Å². The molecule has 0 saturated heterocycles. The minimum Gasteiger partial charge on any atom is -0.159 e. The Morgan fingerprint density at radius 1 is 1.27 bits per heavy atom. The van der Waals surface area contributed by atoms with Gasteiger partial charge in [-0.3, -0.25) is 0 Å². The molecule has 1 fully saturated rings. The SMILES string of the molecule is CC1=NN=C2CCCC[C@@]12C. The van der Waals surface area contributed by atoms with Crippen molar-refractivity contribution in [3.8, 4) is 0 Å². The molecule has 2 rings (SSSR count). The molecule has 1 aliphatic heterocycles. The van der Waals surface area contributed by atoms with Crippen LogP contribution < -0.4 is 0 Å². The Labute approximate surface area is 67.4 Å². The fraction of sp³-hybridized carbons (Fsp3) is 0.778. The number of hydrogen-bond donors (Lipinski definition) is 0. The lowest BCUT2D eigenvalue weighted by Crippen LogP contribution is -2.34. The zero-order valence-electron chi connectivity index (χ0n) is 7.22. The van der Waals surface area contributed by atoms with Crippen LogP contribution in [0.5, 0.6) is 0 Å². The van der Waals surface area contributed by atoms with Crippen LogP contribution in [0.15, 0.2) is 10.2 Å². The maximum atomic E-state index is 4.22. The predicted octanol–water partition coefficient (Wildman–Crippen LogP) is 2.40. The van der Waals surface area contributed by atoms with Crippen LogP contribution in [0.2, 0.25) is 0 Å². The Hall–Kier alpha value is -0.660. The van der Waals surface area contributed by atoms with Crippen LogP contribution in [0.4, 0.5) is 0 Å². The first-order chi connectivity index (χ1) is 5.23. The average Bonchev–Trinajstić information content (AvgIpc) is 2.29. The third-order valence-electron chi connectivity index (χ3n) is 3.10. The summed E-state index contributed by atoms with van der Waals surface area (Å²) >= 11 is 0. The highest BCUT2D eigenvalue weighted by Gasteiger charge is 2.38. The molecule has 2 heteroatoms. The Kier molecular flexibility index (Phi) is 1.38. The molecule has 11 heavy (non-hydrogen) atoms. The number of hydrogen-bond acceptors (Lipinski definition) is 2. The maximum absolute atomic E-state index is 4.22. The Bertz CT molecular complexity index is 240. The molecule has 0 spiro atoms. The molecule has 0 aromatic heterocycles. The van der Waals surface area contributed by atoms with Gasteiger partial charge in [0.15, 0.2) is 0 Å². The number of rotatable bonds is 0. The molecular weight excluding hydrogens is 136 g/mol. The molecule has 1 saturated carbocycles. The molecule has 2 aliphatic rings. The smallest absolute Gasteiger partial charge is 0.0521 e. The van der Waals surface area contributed by atoms with Crippen LogP contribution in [0, 0.1) is 5.41 Å². The molecule has 60 valence electrons. The van der Waals surface area contributed by atoms with E-state index in [-0.39, 0.29) is 5.41 Å². The van der Waals surface area contributed by atoms with E-state index in [1.165, 1.54) is 30.7 Å². The molecule has 2 nitrogen and oxygen atoms in total. The van der Waals surface area contributed by atoms with Gasteiger partial charge >= 0.3 is 0 Å². The van der Waals surface area contributed by atoms with Crippen molar-refractivity contribution >= 4 is 11.4 Å². The third-order valence-corrected chi connectivity index (χ3v) is 3.10. The van der Waals surface area contributed by atoms with Crippen molar-refractivity contribution in [3.05, 3.63) is 0 Å². The maximum Gasteiger partial charge on any atom is 0.0521 e. The summed E-state index contributed by atoms with van der Waals surface area (Å²) in [6, 6.07) is 0. The first-order valence-corrected chi connectivity index (χ1v) is 4.35. The number of fused-ring (bicyclic) bond motifs is 1. The first-order valence-electron chi connectivity index (χ1n) is 4.35. The predicted molar refractivity (Wildman–Crippen MR) is 47.1 cm³/mol. The van der Waals surface area contributed by atoms with E-state index in [9.17, 15) is 0 Å². The van der Waals surface area contributed by atoms with Crippen molar-refractivity contribution in [1.29, 1.82) is 0 Å². The largest absolute Gasteiger partial charge is 0.159 e. The van der Waals surface area contributed by atoms with Gasteiger partial charge < -0.3 is 0 Å². The second-order valence-corrected chi connectivity index (χ2v) is 3.77. The Balaban J connectivity index is 2.33. The van der Waals surface area contributed by atoms with Gasteiger partial charge in [0, 0.05) is 11.1 Å². The minimum atomic E-state index is 0.248. The normalized spacial score (nSPS) is 36.2. The van der Waals surface area contributed by atoms with Gasteiger partial charge in [0.25, 0.3) is 0 Å². The van der Waals surface area contributed by atoms with E-state index in [0.29, 0.717) is 0 Å². The van der Waals surface area contributed by atoms with E-state index < -0.39 is 0 Å². The summed E-state index contributed by atoms with van der Waals surface area (Å²) in [5, 5.41) is 8.37. The van der Waals surface area contributed by atoms with E-state index in [1.54, 1.807) is 0 Å². The zero-order valence-corrected chi connectivity index (χ0v) is 7.22. The van der Waals surface area contributed by atoms with E-state index >= 15 is 0 Å².